The van der Waals surface area contributed by atoms with Crippen LogP contribution in [0.1, 0.15) is 21.5 Å². The Morgan fingerprint density at radius 1 is 0.778 bits per heavy atom. The first-order valence-corrected chi connectivity index (χ1v) is 13.2. The minimum Gasteiger partial charge on any atom is -0.381 e. The number of anilines is 2. The molecule has 13 heteroatoms. The monoisotopic (exact) mass is 629 g/mol. The van der Waals surface area contributed by atoms with Gasteiger partial charge in [-0.1, -0.05) is 54.6 Å². The molecule has 5 rings (SSSR count). The predicted molar refractivity (Wildman–Crippen MR) is 154 cm³/mol. The van der Waals surface area contributed by atoms with Crippen LogP contribution in [0.25, 0.3) is 22.0 Å². The second-order valence-corrected chi connectivity index (χ2v) is 10.1. The molecule has 0 unspecified atom stereocenters. The number of aromatic amines is 1. The van der Waals surface area contributed by atoms with Crippen LogP contribution in [0.5, 0.6) is 0 Å². The summed E-state index contributed by atoms with van der Waals surface area (Å²) < 4.78 is 94.0. The number of aliphatic hydroxyl groups is 1. The maximum Gasteiger partial charge on any atom is 0.430 e. The van der Waals surface area contributed by atoms with E-state index in [4.69, 9.17) is 0 Å². The van der Waals surface area contributed by atoms with E-state index in [-0.39, 0.29) is 28.6 Å². The molecule has 1 amide bonds. The maximum absolute atomic E-state index is 14.8. The van der Waals surface area contributed by atoms with Crippen LogP contribution in [0.2, 0.25) is 0 Å². The van der Waals surface area contributed by atoms with Crippen molar-refractivity contribution in [2.45, 2.75) is 24.5 Å². The normalized spacial score (nSPS) is 12.3. The number of nitrogens with one attached hydrogen (secondary N) is 3. The highest BCUT2D eigenvalue weighted by atomic mass is 19.4. The van der Waals surface area contributed by atoms with Gasteiger partial charge in [0.1, 0.15) is 5.82 Å². The van der Waals surface area contributed by atoms with Crippen LogP contribution in [0.3, 0.4) is 0 Å². The fourth-order valence-electron chi connectivity index (χ4n) is 4.72. The number of hydrogen-bond donors (Lipinski definition) is 4. The van der Waals surface area contributed by atoms with Crippen molar-refractivity contribution in [2.75, 3.05) is 10.6 Å². The summed E-state index contributed by atoms with van der Waals surface area (Å²) in [7, 11) is 0. The molecule has 0 bridgehead atoms. The van der Waals surface area contributed by atoms with Gasteiger partial charge in [-0.2, -0.15) is 26.3 Å². The second kappa shape index (κ2) is 11.7. The third-order valence-corrected chi connectivity index (χ3v) is 7.10. The fourth-order valence-corrected chi connectivity index (χ4v) is 4.72. The molecular formula is C32H22F7N3O3. The number of aromatic nitrogens is 1. The zero-order valence-electron chi connectivity index (χ0n) is 22.9. The summed E-state index contributed by atoms with van der Waals surface area (Å²) in [4.78, 5) is 28.0. The maximum atomic E-state index is 14.8. The van der Waals surface area contributed by atoms with Gasteiger partial charge in [0, 0.05) is 34.8 Å². The first-order valence-electron chi connectivity index (χ1n) is 13.2. The van der Waals surface area contributed by atoms with Gasteiger partial charge >= 0.3 is 12.4 Å². The molecule has 4 N–H and O–H groups in total. The smallest absolute Gasteiger partial charge is 0.381 e. The lowest BCUT2D eigenvalue weighted by Crippen LogP contribution is -2.54. The standard InChI is InChI=1S/C32H22F7N3O3/c33-25-15-21(30(45,31(34,35)36)32(37,38)39)11-13-27(25)42-29(44)24-16-28(43)41-26-12-10-20(14-23(24)26)19-8-6-18(7-9-19)17-40-22-4-2-1-3-5-22/h1-16,40,45H,17H2,(H,41,43)(H,42,44). The Balaban J connectivity index is 1.42. The third-order valence-electron chi connectivity index (χ3n) is 7.10. The number of H-pyrrole nitrogens is 1. The number of hydrogen-bond acceptors (Lipinski definition) is 4. The predicted octanol–water partition coefficient (Wildman–Crippen LogP) is 7.51. The van der Waals surface area contributed by atoms with Gasteiger partial charge in [-0.25, -0.2) is 4.39 Å². The number of halogens is 7. The molecule has 1 heterocycles. The number of rotatable bonds is 7. The highest BCUT2D eigenvalue weighted by Gasteiger charge is 2.71. The number of carbonyl (C=O) groups excluding carboxylic acids is 1. The highest BCUT2D eigenvalue weighted by molar-refractivity contribution is 6.12. The molecular weight excluding hydrogens is 607 g/mol. The molecule has 1 aromatic heterocycles. The first kappa shape index (κ1) is 31.3. The van der Waals surface area contributed by atoms with Crippen LogP contribution < -0.4 is 16.2 Å². The van der Waals surface area contributed by atoms with Crippen molar-refractivity contribution < 1.29 is 40.6 Å². The summed E-state index contributed by atoms with van der Waals surface area (Å²) in [5, 5.41) is 15.2. The largest absolute Gasteiger partial charge is 0.430 e. The average molecular weight is 630 g/mol. The summed E-state index contributed by atoms with van der Waals surface area (Å²) in [6, 6.07) is 23.4. The summed E-state index contributed by atoms with van der Waals surface area (Å²) >= 11 is 0. The van der Waals surface area contributed by atoms with E-state index in [9.17, 15) is 45.4 Å². The van der Waals surface area contributed by atoms with Crippen LogP contribution >= 0.6 is 0 Å². The molecule has 0 spiro atoms. The molecule has 0 aliphatic carbocycles. The Labute approximate surface area is 250 Å². The molecule has 0 aliphatic rings. The van der Waals surface area contributed by atoms with Crippen LogP contribution in [-0.4, -0.2) is 28.4 Å². The van der Waals surface area contributed by atoms with Gasteiger partial charge in [-0.3, -0.25) is 9.59 Å². The van der Waals surface area contributed by atoms with Crippen molar-refractivity contribution in [2.24, 2.45) is 0 Å². The summed E-state index contributed by atoms with van der Waals surface area (Å²) in [6.45, 7) is 0.566. The van der Waals surface area contributed by atoms with Gasteiger partial charge in [-0.15, -0.1) is 0 Å². The van der Waals surface area contributed by atoms with Crippen LogP contribution in [0.15, 0.2) is 102 Å². The van der Waals surface area contributed by atoms with Crippen LogP contribution in [0.4, 0.5) is 42.1 Å². The van der Waals surface area contributed by atoms with E-state index >= 15 is 0 Å². The molecule has 0 fully saturated rings. The van der Waals surface area contributed by atoms with Crippen molar-refractivity contribution in [1.29, 1.82) is 0 Å². The van der Waals surface area contributed by atoms with E-state index in [1.807, 2.05) is 54.6 Å². The molecule has 0 saturated carbocycles. The Kier molecular flexibility index (Phi) is 8.15. The Morgan fingerprint density at radius 3 is 2.04 bits per heavy atom. The number of pyridine rings is 1. The molecule has 5 aromatic rings. The van der Waals surface area contributed by atoms with Crippen molar-refractivity contribution >= 4 is 28.2 Å². The lowest BCUT2D eigenvalue weighted by Gasteiger charge is -2.32. The summed E-state index contributed by atoms with van der Waals surface area (Å²) in [6.07, 6.45) is -12.4. The molecule has 45 heavy (non-hydrogen) atoms. The van der Waals surface area contributed by atoms with Crippen molar-refractivity contribution in [3.8, 4) is 11.1 Å². The summed E-state index contributed by atoms with van der Waals surface area (Å²) in [5.41, 5.74) is -5.26. The SMILES string of the molecule is O=C(Nc1ccc(C(O)(C(F)(F)F)C(F)(F)F)cc1F)c1cc(=O)[nH]c2ccc(-c3ccc(CNc4ccccc4)cc3)cc12. The van der Waals surface area contributed by atoms with E-state index in [0.29, 0.717) is 18.2 Å². The fraction of sp³-hybridized carbons (Fsp3) is 0.125. The van der Waals surface area contributed by atoms with E-state index in [2.05, 4.69) is 15.6 Å². The van der Waals surface area contributed by atoms with Gasteiger partial charge in [0.2, 0.25) is 5.56 Å². The molecule has 0 saturated heterocycles. The lowest BCUT2D eigenvalue weighted by atomic mass is 9.92. The van der Waals surface area contributed by atoms with Crippen LogP contribution in [-0.2, 0) is 12.1 Å². The minimum atomic E-state index is -6.22. The van der Waals surface area contributed by atoms with Crippen LogP contribution in [0, 0.1) is 5.82 Å². The molecule has 0 radical (unpaired) electrons. The Morgan fingerprint density at radius 2 is 1.42 bits per heavy atom. The molecule has 0 aliphatic heterocycles. The summed E-state index contributed by atoms with van der Waals surface area (Å²) in [5.74, 6) is -2.73. The molecule has 0 atom stereocenters. The molecule has 4 aromatic carbocycles. The van der Waals surface area contributed by atoms with Gasteiger partial charge in [-0.05, 0) is 53.1 Å². The van der Waals surface area contributed by atoms with Gasteiger partial charge in [0.05, 0.1) is 11.3 Å². The van der Waals surface area contributed by atoms with Gasteiger partial charge in [0.25, 0.3) is 11.5 Å². The van der Waals surface area contributed by atoms with E-state index in [0.717, 1.165) is 22.9 Å². The number of fused-ring (bicyclic) bond motifs is 1. The second-order valence-electron chi connectivity index (χ2n) is 10.1. The number of alkyl halides is 6. The third kappa shape index (κ3) is 6.25. The number of amides is 1. The number of benzene rings is 4. The van der Waals surface area contributed by atoms with Crippen molar-refractivity contribution in [3.63, 3.8) is 0 Å². The number of carbonyl (C=O) groups is 1. The van der Waals surface area contributed by atoms with E-state index in [1.165, 1.54) is 0 Å². The highest BCUT2D eigenvalue weighted by Crippen LogP contribution is 2.50. The van der Waals surface area contributed by atoms with E-state index < -0.39 is 46.5 Å². The quantitative estimate of drug-likeness (QED) is 0.140. The minimum absolute atomic E-state index is 0.163. The zero-order valence-corrected chi connectivity index (χ0v) is 22.9. The Bertz CT molecular complexity index is 1910. The molecule has 6 nitrogen and oxygen atoms in total. The molecule has 232 valence electrons. The van der Waals surface area contributed by atoms with Gasteiger partial charge < -0.3 is 20.7 Å². The average Bonchev–Trinajstić information content (AvgIpc) is 2.99. The Hall–Kier alpha value is -5.17. The van der Waals surface area contributed by atoms with E-state index in [1.54, 1.807) is 18.2 Å². The first-order chi connectivity index (χ1) is 21.2. The van der Waals surface area contributed by atoms with Crippen molar-refractivity contribution in [3.05, 3.63) is 130 Å². The lowest BCUT2D eigenvalue weighted by molar-refractivity contribution is -0.376. The van der Waals surface area contributed by atoms with Crippen molar-refractivity contribution in [1.82, 2.24) is 4.98 Å². The topological polar surface area (TPSA) is 94.2 Å². The number of para-hydroxylation sites is 1. The zero-order chi connectivity index (χ0) is 32.6. The van der Waals surface area contributed by atoms with Gasteiger partial charge in [0.15, 0.2) is 0 Å².